The van der Waals surface area contributed by atoms with Gasteiger partial charge in [0.1, 0.15) is 0 Å². The third-order valence-corrected chi connectivity index (χ3v) is 7.00. The number of rotatable bonds is 12. The van der Waals surface area contributed by atoms with Gasteiger partial charge in [-0.2, -0.15) is 0 Å². The lowest BCUT2D eigenvalue weighted by Crippen LogP contribution is -2.25. The van der Waals surface area contributed by atoms with E-state index in [1.807, 2.05) is 36.7 Å². The van der Waals surface area contributed by atoms with E-state index in [1.165, 1.54) is 23.1 Å². The molecule has 4 aromatic rings. The zero-order valence-electron chi connectivity index (χ0n) is 21.9. The van der Waals surface area contributed by atoms with Gasteiger partial charge in [0.25, 0.3) is 0 Å². The molecule has 0 aliphatic carbocycles. The van der Waals surface area contributed by atoms with Crippen LogP contribution in [0.2, 0.25) is 5.02 Å². The number of hydrogen-bond acceptors (Lipinski definition) is 5. The fraction of sp³-hybridized carbons (Fsp3) is 0.400. The minimum atomic E-state index is 0.392. The van der Waals surface area contributed by atoms with Crippen LogP contribution in [-0.2, 0) is 0 Å². The molecule has 0 saturated heterocycles. The van der Waals surface area contributed by atoms with Gasteiger partial charge in [-0.25, -0.2) is 0 Å². The zero-order valence-corrected chi connectivity index (χ0v) is 22.6. The molecule has 36 heavy (non-hydrogen) atoms. The van der Waals surface area contributed by atoms with Gasteiger partial charge in [0, 0.05) is 51.6 Å². The molecule has 5 nitrogen and oxygen atoms in total. The molecule has 0 aliphatic heterocycles. The number of halogens is 1. The quantitative estimate of drug-likeness (QED) is 0.209. The van der Waals surface area contributed by atoms with Crippen LogP contribution in [0.25, 0.3) is 21.8 Å². The summed E-state index contributed by atoms with van der Waals surface area (Å²) in [5.74, 6) is 0. The number of nitrogens with one attached hydrogen (secondary N) is 2. The molecule has 2 heterocycles. The minimum Gasteiger partial charge on any atom is -0.382 e. The smallest absolute Gasteiger partial charge is 0.0737 e. The molecular formula is C30H38ClN5. The lowest BCUT2D eigenvalue weighted by molar-refractivity contribution is 0.314. The minimum absolute atomic E-state index is 0.392. The largest absolute Gasteiger partial charge is 0.382 e. The third kappa shape index (κ3) is 7.08. The number of fused-ring (bicyclic) bond motifs is 2. The molecule has 2 atom stereocenters. The van der Waals surface area contributed by atoms with Crippen molar-refractivity contribution in [1.29, 1.82) is 0 Å². The van der Waals surface area contributed by atoms with Crippen molar-refractivity contribution in [1.82, 2.24) is 14.9 Å². The van der Waals surface area contributed by atoms with Gasteiger partial charge in [-0.3, -0.25) is 9.97 Å². The van der Waals surface area contributed by atoms with Gasteiger partial charge in [-0.05, 0) is 109 Å². The SMILES string of the molecule is Cc1ccc2c(N[C@@H](C)CCCN(C)CCC[C@H](C)Nc3ccnc4cc(Cl)ccc34)ccnc2c1. The van der Waals surface area contributed by atoms with Crippen LogP contribution >= 0.6 is 11.6 Å². The van der Waals surface area contributed by atoms with Crippen molar-refractivity contribution in [3.8, 4) is 0 Å². The normalized spacial score (nSPS) is 13.3. The molecule has 2 aromatic carbocycles. The van der Waals surface area contributed by atoms with Crippen LogP contribution in [0.4, 0.5) is 11.4 Å². The van der Waals surface area contributed by atoms with E-state index in [1.54, 1.807) is 0 Å². The van der Waals surface area contributed by atoms with Gasteiger partial charge in [-0.15, -0.1) is 0 Å². The highest BCUT2D eigenvalue weighted by Gasteiger charge is 2.09. The highest BCUT2D eigenvalue weighted by Crippen LogP contribution is 2.26. The molecule has 2 N–H and O–H groups in total. The average Bonchev–Trinajstić information content (AvgIpc) is 2.84. The van der Waals surface area contributed by atoms with Crippen LogP contribution < -0.4 is 10.6 Å². The van der Waals surface area contributed by atoms with Crippen molar-refractivity contribution in [2.75, 3.05) is 30.8 Å². The van der Waals surface area contributed by atoms with Gasteiger partial charge in [0.15, 0.2) is 0 Å². The fourth-order valence-corrected chi connectivity index (χ4v) is 4.92. The Labute approximate surface area is 220 Å². The third-order valence-electron chi connectivity index (χ3n) is 6.76. The summed E-state index contributed by atoms with van der Waals surface area (Å²) in [5, 5.41) is 10.4. The number of aryl methyl sites for hydroxylation is 1. The van der Waals surface area contributed by atoms with Crippen LogP contribution in [0, 0.1) is 6.92 Å². The molecular weight excluding hydrogens is 466 g/mol. The molecule has 0 bridgehead atoms. The van der Waals surface area contributed by atoms with Crippen LogP contribution in [0.5, 0.6) is 0 Å². The van der Waals surface area contributed by atoms with E-state index in [-0.39, 0.29) is 0 Å². The summed E-state index contributed by atoms with van der Waals surface area (Å²) in [6, 6.07) is 17.3. The first-order chi connectivity index (χ1) is 17.4. The van der Waals surface area contributed by atoms with E-state index in [4.69, 9.17) is 11.6 Å². The van der Waals surface area contributed by atoms with Gasteiger partial charge in [0.2, 0.25) is 0 Å². The summed E-state index contributed by atoms with van der Waals surface area (Å²) >= 11 is 6.12. The predicted octanol–water partition coefficient (Wildman–Crippen LogP) is 7.54. The van der Waals surface area contributed by atoms with Crippen LogP contribution in [0.15, 0.2) is 60.9 Å². The summed E-state index contributed by atoms with van der Waals surface area (Å²) < 4.78 is 0. The first-order valence-electron chi connectivity index (χ1n) is 13.0. The van der Waals surface area contributed by atoms with Crippen molar-refractivity contribution in [3.05, 3.63) is 71.5 Å². The van der Waals surface area contributed by atoms with Gasteiger partial charge in [0.05, 0.1) is 11.0 Å². The Bertz CT molecular complexity index is 1190. The maximum atomic E-state index is 6.12. The summed E-state index contributed by atoms with van der Waals surface area (Å²) in [7, 11) is 2.23. The lowest BCUT2D eigenvalue weighted by Gasteiger charge is -2.21. The summed E-state index contributed by atoms with van der Waals surface area (Å²) in [6.07, 6.45) is 8.33. The Balaban J connectivity index is 1.16. The number of nitrogens with zero attached hydrogens (tertiary/aromatic N) is 3. The summed E-state index contributed by atoms with van der Waals surface area (Å²) in [6.45, 7) is 8.84. The molecule has 190 valence electrons. The van der Waals surface area contributed by atoms with Gasteiger partial charge in [-0.1, -0.05) is 23.7 Å². The Kier molecular flexibility index (Phi) is 9.00. The highest BCUT2D eigenvalue weighted by atomic mass is 35.5. The van der Waals surface area contributed by atoms with Crippen molar-refractivity contribution >= 4 is 44.8 Å². The van der Waals surface area contributed by atoms with Crippen molar-refractivity contribution < 1.29 is 0 Å². The number of hydrogen-bond donors (Lipinski definition) is 2. The topological polar surface area (TPSA) is 53.1 Å². The lowest BCUT2D eigenvalue weighted by atomic mass is 10.1. The first kappa shape index (κ1) is 26.2. The molecule has 0 amide bonds. The van der Waals surface area contributed by atoms with Crippen LogP contribution in [0.3, 0.4) is 0 Å². The molecule has 6 heteroatoms. The maximum absolute atomic E-state index is 6.12. The van der Waals surface area contributed by atoms with Crippen LogP contribution in [-0.4, -0.2) is 47.1 Å². The van der Waals surface area contributed by atoms with Gasteiger partial charge < -0.3 is 15.5 Å². The van der Waals surface area contributed by atoms with E-state index in [0.29, 0.717) is 17.1 Å². The Hall–Kier alpha value is -2.89. The number of anilines is 2. The highest BCUT2D eigenvalue weighted by molar-refractivity contribution is 6.31. The van der Waals surface area contributed by atoms with E-state index < -0.39 is 0 Å². The molecule has 0 spiro atoms. The summed E-state index contributed by atoms with van der Waals surface area (Å²) in [4.78, 5) is 11.4. The van der Waals surface area contributed by atoms with E-state index in [0.717, 1.165) is 54.5 Å². The second kappa shape index (κ2) is 12.4. The Morgan fingerprint density at radius 1 is 0.778 bits per heavy atom. The predicted molar refractivity (Wildman–Crippen MR) is 155 cm³/mol. The molecule has 4 rings (SSSR count). The molecule has 0 saturated carbocycles. The standard InChI is InChI=1S/C30H38ClN5/c1-21-9-11-25-27(13-15-32-29(25)19-21)34-22(2)7-5-17-36(4)18-6-8-23(3)35-28-14-16-33-30-20-24(31)10-12-26(28)30/h9-16,19-20,22-23H,5-8,17-18H2,1-4H3,(H,32,34)(H,33,35)/t22-,23-/m0/s1. The number of pyridine rings is 2. The summed E-state index contributed by atoms with van der Waals surface area (Å²) in [5.41, 5.74) is 5.51. The molecule has 2 aromatic heterocycles. The molecule has 0 aliphatic rings. The van der Waals surface area contributed by atoms with Crippen molar-refractivity contribution in [2.45, 2.75) is 58.5 Å². The van der Waals surface area contributed by atoms with E-state index in [9.17, 15) is 0 Å². The zero-order chi connectivity index (χ0) is 25.5. The van der Waals surface area contributed by atoms with Crippen molar-refractivity contribution in [2.24, 2.45) is 0 Å². The number of benzene rings is 2. The van der Waals surface area contributed by atoms with Crippen LogP contribution in [0.1, 0.15) is 45.1 Å². The molecule has 0 radical (unpaired) electrons. The Morgan fingerprint density at radius 2 is 1.31 bits per heavy atom. The van der Waals surface area contributed by atoms with Gasteiger partial charge >= 0.3 is 0 Å². The second-order valence-corrected chi connectivity index (χ2v) is 10.5. The monoisotopic (exact) mass is 503 g/mol. The first-order valence-corrected chi connectivity index (χ1v) is 13.4. The van der Waals surface area contributed by atoms with Crippen molar-refractivity contribution in [3.63, 3.8) is 0 Å². The average molecular weight is 504 g/mol. The van der Waals surface area contributed by atoms with E-state index >= 15 is 0 Å². The number of aromatic nitrogens is 2. The molecule has 0 fully saturated rings. The van der Waals surface area contributed by atoms with E-state index in [2.05, 4.69) is 77.6 Å². The maximum Gasteiger partial charge on any atom is 0.0737 e. The Morgan fingerprint density at radius 3 is 1.89 bits per heavy atom. The fourth-order valence-electron chi connectivity index (χ4n) is 4.75. The molecule has 0 unspecified atom stereocenters. The second-order valence-electron chi connectivity index (χ2n) is 10.1.